The molecule has 3 rings (SSSR count). The van der Waals surface area contributed by atoms with Crippen molar-refractivity contribution in [2.24, 2.45) is 0 Å². The molecule has 0 atom stereocenters. The molecule has 160 valence electrons. The molecule has 31 heavy (non-hydrogen) atoms. The number of aromatic nitrogens is 3. The maximum absolute atomic E-state index is 12.6. The average Bonchev–Trinajstić information content (AvgIpc) is 3.15. The van der Waals surface area contributed by atoms with Crippen LogP contribution in [0.4, 0.5) is 5.69 Å². The Labute approximate surface area is 187 Å². The predicted molar refractivity (Wildman–Crippen MR) is 117 cm³/mol. The Morgan fingerprint density at radius 2 is 1.94 bits per heavy atom. The highest BCUT2D eigenvalue weighted by molar-refractivity contribution is 7.99. The van der Waals surface area contributed by atoms with Gasteiger partial charge in [-0.25, -0.2) is 0 Å². The summed E-state index contributed by atoms with van der Waals surface area (Å²) in [6.07, 6.45) is 0.439. The van der Waals surface area contributed by atoms with Gasteiger partial charge in [-0.1, -0.05) is 35.5 Å². The van der Waals surface area contributed by atoms with Crippen molar-refractivity contribution >= 4 is 40.7 Å². The lowest BCUT2D eigenvalue weighted by Gasteiger charge is -2.10. The number of hydrogen-bond acceptors (Lipinski definition) is 7. The molecule has 2 aromatic carbocycles. The molecule has 0 saturated heterocycles. The van der Waals surface area contributed by atoms with Crippen LogP contribution in [0.25, 0.3) is 5.69 Å². The third kappa shape index (κ3) is 5.89. The van der Waals surface area contributed by atoms with E-state index in [1.54, 1.807) is 34.9 Å². The van der Waals surface area contributed by atoms with Crippen LogP contribution in [0.1, 0.15) is 23.1 Å². The van der Waals surface area contributed by atoms with E-state index in [0.29, 0.717) is 29.0 Å². The molecule has 11 heteroatoms. The van der Waals surface area contributed by atoms with Crippen LogP contribution in [0.15, 0.2) is 53.7 Å². The van der Waals surface area contributed by atoms with Crippen molar-refractivity contribution < 1.29 is 14.5 Å². The van der Waals surface area contributed by atoms with Crippen LogP contribution in [0.5, 0.6) is 0 Å². The lowest BCUT2D eigenvalue weighted by atomic mass is 10.1. The van der Waals surface area contributed by atoms with Gasteiger partial charge in [0.25, 0.3) is 5.69 Å². The zero-order valence-electron chi connectivity index (χ0n) is 16.4. The molecule has 3 aromatic rings. The molecule has 0 bridgehead atoms. The van der Waals surface area contributed by atoms with E-state index in [9.17, 15) is 19.7 Å². The number of benzene rings is 2. The number of thioether (sulfide) groups is 1. The lowest BCUT2D eigenvalue weighted by Crippen LogP contribution is -2.23. The van der Waals surface area contributed by atoms with Gasteiger partial charge in [-0.05, 0) is 24.3 Å². The number of hydrogen-bond donors (Lipinski definition) is 1. The number of non-ortho nitro benzene ring substituents is 1. The Morgan fingerprint density at radius 3 is 2.61 bits per heavy atom. The second-order valence-electron chi connectivity index (χ2n) is 6.46. The summed E-state index contributed by atoms with van der Waals surface area (Å²) in [5.74, 6) is 0.230. The highest BCUT2D eigenvalue weighted by Gasteiger charge is 2.17. The van der Waals surface area contributed by atoms with Crippen LogP contribution in [0, 0.1) is 10.1 Å². The molecule has 1 N–H and O–H groups in total. The van der Waals surface area contributed by atoms with E-state index in [2.05, 4.69) is 15.5 Å². The van der Waals surface area contributed by atoms with Crippen LogP contribution >= 0.6 is 23.4 Å². The van der Waals surface area contributed by atoms with E-state index in [1.807, 2.05) is 0 Å². The van der Waals surface area contributed by atoms with Crippen molar-refractivity contribution in [2.75, 3.05) is 12.3 Å². The topological polar surface area (TPSA) is 120 Å². The SMILES string of the molecule is CC(=O)NCCc1nnc(SCC(=O)c2cccc([N+](=O)[O-])c2)n1-c1ccc(Cl)cc1. The first-order chi connectivity index (χ1) is 14.8. The molecular weight excluding hydrogens is 442 g/mol. The van der Waals surface area contributed by atoms with Gasteiger partial charge < -0.3 is 5.32 Å². The summed E-state index contributed by atoms with van der Waals surface area (Å²) in [4.78, 5) is 34.1. The van der Waals surface area contributed by atoms with Gasteiger partial charge >= 0.3 is 0 Å². The smallest absolute Gasteiger partial charge is 0.270 e. The molecule has 1 heterocycles. The molecule has 0 unspecified atom stereocenters. The third-order valence-electron chi connectivity index (χ3n) is 4.22. The van der Waals surface area contributed by atoms with Gasteiger partial charge in [0.2, 0.25) is 5.91 Å². The average molecular weight is 460 g/mol. The summed E-state index contributed by atoms with van der Waals surface area (Å²) in [6, 6.07) is 12.7. The fourth-order valence-electron chi connectivity index (χ4n) is 2.76. The summed E-state index contributed by atoms with van der Waals surface area (Å²) in [6.45, 7) is 1.82. The van der Waals surface area contributed by atoms with Crippen molar-refractivity contribution in [2.45, 2.75) is 18.5 Å². The van der Waals surface area contributed by atoms with Crippen LogP contribution in [-0.2, 0) is 11.2 Å². The zero-order chi connectivity index (χ0) is 22.4. The number of Topliss-reactive ketones (excluding diaryl/α,β-unsaturated/α-hetero) is 1. The van der Waals surface area contributed by atoms with Gasteiger partial charge in [-0.15, -0.1) is 10.2 Å². The van der Waals surface area contributed by atoms with Crippen molar-refractivity contribution in [3.8, 4) is 5.69 Å². The largest absolute Gasteiger partial charge is 0.356 e. The molecule has 0 aliphatic carbocycles. The number of rotatable bonds is 9. The fourth-order valence-corrected chi connectivity index (χ4v) is 3.75. The molecule has 1 aromatic heterocycles. The number of carbonyl (C=O) groups excluding carboxylic acids is 2. The molecule has 0 aliphatic heterocycles. The number of nitrogens with zero attached hydrogens (tertiary/aromatic N) is 4. The second-order valence-corrected chi connectivity index (χ2v) is 7.84. The van der Waals surface area contributed by atoms with E-state index >= 15 is 0 Å². The summed E-state index contributed by atoms with van der Waals surface area (Å²) < 4.78 is 1.80. The highest BCUT2D eigenvalue weighted by Crippen LogP contribution is 2.25. The summed E-state index contributed by atoms with van der Waals surface area (Å²) in [5.41, 5.74) is 0.878. The number of ketones is 1. The molecule has 0 saturated carbocycles. The molecule has 0 spiro atoms. The van der Waals surface area contributed by atoms with E-state index in [4.69, 9.17) is 11.6 Å². The van der Waals surface area contributed by atoms with Crippen LogP contribution < -0.4 is 5.32 Å². The predicted octanol–water partition coefficient (Wildman–Crippen LogP) is 3.48. The van der Waals surface area contributed by atoms with E-state index in [0.717, 1.165) is 5.69 Å². The third-order valence-corrected chi connectivity index (χ3v) is 5.40. The highest BCUT2D eigenvalue weighted by atomic mass is 35.5. The van der Waals surface area contributed by atoms with Gasteiger partial charge in [-0.3, -0.25) is 24.3 Å². The van der Waals surface area contributed by atoms with Crippen molar-refractivity contribution in [3.63, 3.8) is 0 Å². The minimum absolute atomic E-state index is 0.0264. The van der Waals surface area contributed by atoms with Gasteiger partial charge in [-0.2, -0.15) is 0 Å². The van der Waals surface area contributed by atoms with Crippen LogP contribution in [0.2, 0.25) is 5.02 Å². The molecule has 0 fully saturated rings. The number of amides is 1. The first kappa shape index (κ1) is 22.4. The number of nitrogens with one attached hydrogen (secondary N) is 1. The van der Waals surface area contributed by atoms with E-state index in [1.165, 1.54) is 36.9 Å². The van der Waals surface area contributed by atoms with Gasteiger partial charge in [0, 0.05) is 48.3 Å². The Bertz CT molecular complexity index is 1120. The quantitative estimate of drug-likeness (QED) is 0.225. The van der Waals surface area contributed by atoms with E-state index in [-0.39, 0.29) is 28.7 Å². The molecule has 0 radical (unpaired) electrons. The summed E-state index contributed by atoms with van der Waals surface area (Å²) in [7, 11) is 0. The monoisotopic (exact) mass is 459 g/mol. The Morgan fingerprint density at radius 1 is 1.19 bits per heavy atom. The fraction of sp³-hybridized carbons (Fsp3) is 0.200. The maximum atomic E-state index is 12.6. The Hall–Kier alpha value is -3.24. The minimum atomic E-state index is -0.539. The lowest BCUT2D eigenvalue weighted by molar-refractivity contribution is -0.384. The maximum Gasteiger partial charge on any atom is 0.270 e. The first-order valence-corrected chi connectivity index (χ1v) is 10.6. The Balaban J connectivity index is 1.81. The zero-order valence-corrected chi connectivity index (χ0v) is 18.0. The van der Waals surface area contributed by atoms with Crippen molar-refractivity contribution in [1.29, 1.82) is 0 Å². The molecule has 1 amide bonds. The first-order valence-electron chi connectivity index (χ1n) is 9.20. The van der Waals surface area contributed by atoms with Crippen LogP contribution in [0.3, 0.4) is 0 Å². The molecule has 9 nitrogen and oxygen atoms in total. The number of halogens is 1. The second kappa shape index (κ2) is 10.2. The van der Waals surface area contributed by atoms with E-state index < -0.39 is 4.92 Å². The van der Waals surface area contributed by atoms with Crippen LogP contribution in [-0.4, -0.2) is 43.7 Å². The normalized spacial score (nSPS) is 10.6. The summed E-state index contributed by atoms with van der Waals surface area (Å²) >= 11 is 7.16. The molecule has 0 aliphatic rings. The van der Waals surface area contributed by atoms with Crippen molar-refractivity contribution in [1.82, 2.24) is 20.1 Å². The molecular formula is C20H18ClN5O4S. The number of carbonyl (C=O) groups is 2. The summed E-state index contributed by atoms with van der Waals surface area (Å²) in [5, 5.41) is 23.1. The Kier molecular flexibility index (Phi) is 7.37. The number of nitro benzene ring substituents is 1. The van der Waals surface area contributed by atoms with Gasteiger partial charge in [0.1, 0.15) is 5.82 Å². The standard InChI is InChI=1S/C20H18ClN5O4S/c1-13(27)22-10-9-19-23-24-20(25(19)16-7-5-15(21)6-8-16)31-12-18(28)14-3-2-4-17(11-14)26(29)30/h2-8,11H,9-10,12H2,1H3,(H,22,27). The minimum Gasteiger partial charge on any atom is -0.356 e. The van der Waals surface area contributed by atoms with Crippen molar-refractivity contribution in [3.05, 3.63) is 75.1 Å². The number of nitro groups is 1. The van der Waals surface area contributed by atoms with Gasteiger partial charge in [0.15, 0.2) is 10.9 Å². The van der Waals surface area contributed by atoms with Gasteiger partial charge in [0.05, 0.1) is 10.7 Å².